The van der Waals surface area contributed by atoms with Gasteiger partial charge in [0, 0.05) is 53.7 Å². The summed E-state index contributed by atoms with van der Waals surface area (Å²) in [4.78, 5) is 9.50. The molecule has 6 heteroatoms. The van der Waals surface area contributed by atoms with E-state index < -0.39 is 11.6 Å². The fraction of sp³-hybridized carbons (Fsp3) is 0.118. The van der Waals surface area contributed by atoms with E-state index in [9.17, 15) is 8.78 Å². The van der Waals surface area contributed by atoms with E-state index in [1.165, 1.54) is 29.0 Å². The molecule has 0 saturated heterocycles. The first-order chi connectivity index (χ1) is 18.8. The Morgan fingerprint density at radius 3 is 2.25 bits per heavy atom. The Balaban J connectivity index is 0.000000238. The van der Waals surface area contributed by atoms with Crippen LogP contribution in [0, 0.1) is 23.8 Å². The van der Waals surface area contributed by atoms with Crippen LogP contribution in [0.1, 0.15) is 26.3 Å². The van der Waals surface area contributed by atoms with Crippen LogP contribution in [0.15, 0.2) is 103 Å². The number of rotatable bonds is 3. The SMILES string of the molecule is CC(C)(C)c1c[c-]c(-c2nccc3sc(-c4ccc(F)cc4F)cc23)cc1.[Ir].[c-]1ccccc1-c1ccccn1. The van der Waals surface area contributed by atoms with Gasteiger partial charge in [0.2, 0.25) is 0 Å². The second-order valence-corrected chi connectivity index (χ2v) is 11.1. The van der Waals surface area contributed by atoms with Crippen LogP contribution >= 0.6 is 11.3 Å². The number of hydrogen-bond acceptors (Lipinski definition) is 3. The molecule has 3 aromatic carbocycles. The molecule has 0 saturated carbocycles. The molecule has 0 aliphatic rings. The predicted octanol–water partition coefficient (Wildman–Crippen LogP) is 9.55. The molecule has 0 bridgehead atoms. The zero-order chi connectivity index (χ0) is 27.4. The Morgan fingerprint density at radius 2 is 1.60 bits per heavy atom. The normalized spacial score (nSPS) is 10.9. The van der Waals surface area contributed by atoms with E-state index in [0.717, 1.165) is 43.5 Å². The van der Waals surface area contributed by atoms with Crippen LogP contribution in [0.25, 0.3) is 43.0 Å². The van der Waals surface area contributed by atoms with Gasteiger partial charge in [-0.05, 0) is 52.5 Å². The van der Waals surface area contributed by atoms with E-state index in [0.29, 0.717) is 5.56 Å². The van der Waals surface area contributed by atoms with Crippen LogP contribution in [0.5, 0.6) is 0 Å². The molecule has 0 fully saturated rings. The van der Waals surface area contributed by atoms with Crippen LogP contribution in [0.2, 0.25) is 0 Å². The van der Waals surface area contributed by atoms with Gasteiger partial charge in [-0.1, -0.05) is 32.9 Å². The third-order valence-corrected chi connectivity index (χ3v) is 7.36. The molecule has 1 radical (unpaired) electrons. The predicted molar refractivity (Wildman–Crippen MR) is 156 cm³/mol. The number of nitrogens with zero attached hydrogens (tertiary/aromatic N) is 2. The van der Waals surface area contributed by atoms with Crippen molar-refractivity contribution in [2.75, 3.05) is 0 Å². The fourth-order valence-corrected chi connectivity index (χ4v) is 5.20. The van der Waals surface area contributed by atoms with Gasteiger partial charge < -0.3 is 9.97 Å². The van der Waals surface area contributed by atoms with Crippen molar-refractivity contribution in [3.63, 3.8) is 0 Å². The quantitative estimate of drug-likeness (QED) is 0.170. The van der Waals surface area contributed by atoms with Crippen molar-refractivity contribution in [1.29, 1.82) is 0 Å². The number of fused-ring (bicyclic) bond motifs is 1. The molecule has 2 nitrogen and oxygen atoms in total. The molecule has 40 heavy (non-hydrogen) atoms. The molecule has 0 spiro atoms. The van der Waals surface area contributed by atoms with Gasteiger partial charge in [-0.25, -0.2) is 8.78 Å². The van der Waals surface area contributed by atoms with Gasteiger partial charge >= 0.3 is 0 Å². The third kappa shape index (κ3) is 6.76. The molecular formula is C34H26F2IrN2S-2. The van der Waals surface area contributed by atoms with Crippen molar-refractivity contribution < 1.29 is 28.9 Å². The first-order valence-electron chi connectivity index (χ1n) is 12.5. The van der Waals surface area contributed by atoms with Gasteiger partial charge in [-0.3, -0.25) is 0 Å². The molecule has 6 rings (SSSR count). The van der Waals surface area contributed by atoms with Gasteiger partial charge in [0.15, 0.2) is 0 Å². The van der Waals surface area contributed by atoms with E-state index in [1.807, 2.05) is 66.7 Å². The Kier molecular flexibility index (Phi) is 9.36. The van der Waals surface area contributed by atoms with Crippen molar-refractivity contribution >= 4 is 21.4 Å². The van der Waals surface area contributed by atoms with Gasteiger partial charge in [-0.15, -0.1) is 82.6 Å². The summed E-state index contributed by atoms with van der Waals surface area (Å²) in [7, 11) is 0. The minimum atomic E-state index is -0.576. The standard InChI is InChI=1S/C23H18F2NS.C11H8N.Ir/c1-23(2,3)15-6-4-14(5-7-15)22-18-13-21(27-20(18)10-11-26-22)17-9-8-16(24)12-19(17)25;1-2-6-10(7-3-1)11-8-4-5-9-12-11;/h4,6-13H,1-3H3;1-6,8-9H;/q2*-1;. The first kappa shape index (κ1) is 29.4. The number of benzene rings is 3. The van der Waals surface area contributed by atoms with Gasteiger partial charge in [0.1, 0.15) is 11.6 Å². The Labute approximate surface area is 251 Å². The van der Waals surface area contributed by atoms with Crippen LogP contribution in [0.4, 0.5) is 8.78 Å². The Bertz CT molecular complexity index is 1660. The van der Waals surface area contributed by atoms with Crippen molar-refractivity contribution in [2.24, 2.45) is 0 Å². The number of pyridine rings is 2. The molecule has 6 aromatic rings. The number of hydrogen-bond donors (Lipinski definition) is 0. The smallest absolute Gasteiger partial charge is 0.134 e. The molecule has 0 aliphatic heterocycles. The average molecular weight is 725 g/mol. The molecule has 3 heterocycles. The van der Waals surface area contributed by atoms with E-state index in [-0.39, 0.29) is 25.5 Å². The minimum absolute atomic E-state index is 0. The second kappa shape index (κ2) is 12.7. The number of aromatic nitrogens is 2. The summed E-state index contributed by atoms with van der Waals surface area (Å²) >= 11 is 1.47. The Morgan fingerprint density at radius 1 is 0.775 bits per heavy atom. The summed E-state index contributed by atoms with van der Waals surface area (Å²) in [6.07, 6.45) is 3.54. The van der Waals surface area contributed by atoms with E-state index in [4.69, 9.17) is 0 Å². The van der Waals surface area contributed by atoms with Crippen LogP contribution in [-0.2, 0) is 25.5 Å². The van der Waals surface area contributed by atoms with Crippen LogP contribution in [0.3, 0.4) is 0 Å². The summed E-state index contributed by atoms with van der Waals surface area (Å²) in [6, 6.07) is 33.8. The van der Waals surface area contributed by atoms with Gasteiger partial charge in [-0.2, -0.15) is 0 Å². The molecule has 0 N–H and O–H groups in total. The summed E-state index contributed by atoms with van der Waals surface area (Å²) in [6.45, 7) is 6.49. The summed E-state index contributed by atoms with van der Waals surface area (Å²) in [5.41, 5.74) is 5.39. The molecule has 0 amide bonds. The number of halogens is 2. The number of thiophene rings is 1. The van der Waals surface area contributed by atoms with Crippen molar-refractivity contribution in [1.82, 2.24) is 9.97 Å². The zero-order valence-electron chi connectivity index (χ0n) is 22.2. The second-order valence-electron chi connectivity index (χ2n) is 10.0. The van der Waals surface area contributed by atoms with Gasteiger partial charge in [0.05, 0.1) is 0 Å². The molecule has 3 aromatic heterocycles. The van der Waals surface area contributed by atoms with Gasteiger partial charge in [0.25, 0.3) is 0 Å². The van der Waals surface area contributed by atoms with Crippen molar-refractivity contribution in [3.05, 3.63) is 133 Å². The zero-order valence-corrected chi connectivity index (χ0v) is 25.4. The molecule has 0 unspecified atom stereocenters. The maximum Gasteiger partial charge on any atom is 0.134 e. The van der Waals surface area contributed by atoms with E-state index >= 15 is 0 Å². The first-order valence-corrected chi connectivity index (χ1v) is 13.4. The molecule has 0 aliphatic carbocycles. The molecule has 0 atom stereocenters. The monoisotopic (exact) mass is 725 g/mol. The molecular weight excluding hydrogens is 699 g/mol. The topological polar surface area (TPSA) is 25.8 Å². The minimum Gasteiger partial charge on any atom is -0.305 e. The van der Waals surface area contributed by atoms with Crippen LogP contribution < -0.4 is 0 Å². The van der Waals surface area contributed by atoms with Crippen molar-refractivity contribution in [3.8, 4) is 33.0 Å². The summed E-state index contributed by atoms with van der Waals surface area (Å²) in [5.74, 6) is -1.13. The Hall–Kier alpha value is -3.57. The maximum absolute atomic E-state index is 14.2. The maximum atomic E-state index is 14.2. The molecule has 203 valence electrons. The summed E-state index contributed by atoms with van der Waals surface area (Å²) < 4.78 is 28.4. The van der Waals surface area contributed by atoms with Crippen LogP contribution in [-0.4, -0.2) is 9.97 Å². The largest absolute Gasteiger partial charge is 0.305 e. The van der Waals surface area contributed by atoms with E-state index in [1.54, 1.807) is 12.4 Å². The fourth-order valence-electron chi connectivity index (χ4n) is 4.11. The van der Waals surface area contributed by atoms with Crippen molar-refractivity contribution in [2.45, 2.75) is 26.2 Å². The van der Waals surface area contributed by atoms with E-state index in [2.05, 4.69) is 48.9 Å². The summed E-state index contributed by atoms with van der Waals surface area (Å²) in [5, 5.41) is 0.945. The third-order valence-electron chi connectivity index (χ3n) is 6.23. The average Bonchev–Trinajstić information content (AvgIpc) is 3.38.